The molecule has 3 N–H and O–H groups in total. The Labute approximate surface area is 387 Å². The first-order chi connectivity index (χ1) is 30.7. The van der Waals surface area contributed by atoms with E-state index in [2.05, 4.69) is 0 Å². The minimum atomic E-state index is -2.43. The minimum Gasteiger partial charge on any atom is -0.460 e. The van der Waals surface area contributed by atoms with Gasteiger partial charge in [0.25, 0.3) is 11.7 Å². The normalized spacial score (nSPS) is 38.6. The summed E-state index contributed by atoms with van der Waals surface area (Å²) in [5.74, 6) is -7.93. The molecule has 14 heteroatoms. The molecule has 1 saturated carbocycles. The average molecular weight is 914 g/mol. The number of hydrogen-bond acceptors (Lipinski definition) is 13. The number of ether oxygens (including phenoxy) is 5. The Morgan fingerprint density at radius 1 is 0.862 bits per heavy atom. The van der Waals surface area contributed by atoms with Crippen LogP contribution in [-0.4, -0.2) is 132 Å². The quantitative estimate of drug-likeness (QED) is 0.202. The molecule has 0 radical (unpaired) electrons. The summed E-state index contributed by atoms with van der Waals surface area (Å²) in [7, 11) is 4.53. The number of Topliss-reactive ketones (excluding diaryl/α,β-unsaturated/α-hetero) is 3. The van der Waals surface area contributed by atoms with Crippen LogP contribution in [0, 0.1) is 35.5 Å². The first-order valence-electron chi connectivity index (χ1n) is 23.9. The zero-order chi connectivity index (χ0) is 48.2. The molecule has 2 bridgehead atoms. The fourth-order valence-electron chi connectivity index (χ4n) is 10.1. The summed E-state index contributed by atoms with van der Waals surface area (Å²) in [6.07, 6.45) is 11.2. The molecular weight excluding hydrogens is 835 g/mol. The summed E-state index contributed by atoms with van der Waals surface area (Å²) in [6, 6.07) is -1.14. The molecule has 0 spiro atoms. The molecule has 1 aliphatic carbocycles. The van der Waals surface area contributed by atoms with Gasteiger partial charge in [-0.3, -0.25) is 19.2 Å². The highest BCUT2D eigenvalue weighted by Gasteiger charge is 2.53. The highest BCUT2D eigenvalue weighted by Crippen LogP contribution is 2.38. The fraction of sp³-hybridized carbons (Fsp3) is 0.745. The van der Waals surface area contributed by atoms with E-state index in [1.807, 2.05) is 58.1 Å². The largest absolute Gasteiger partial charge is 0.460 e. The molecule has 0 aromatic carbocycles. The number of piperidine rings is 1. The van der Waals surface area contributed by atoms with E-state index >= 15 is 0 Å². The maximum Gasteiger partial charge on any atom is 0.329 e. The van der Waals surface area contributed by atoms with Crippen molar-refractivity contribution >= 4 is 29.2 Å². The smallest absolute Gasteiger partial charge is 0.329 e. The van der Waals surface area contributed by atoms with Crippen molar-refractivity contribution in [3.05, 3.63) is 47.6 Å². The van der Waals surface area contributed by atoms with Crippen LogP contribution in [0.25, 0.3) is 0 Å². The SMILES string of the molecule is CO[C@H]1CC2CC[C@@H](C)[C@@](O)(O2)C(=O)C(=O)N2CCCC[C@H]2C(=O)O[C@H]([C@H](C)C[C@@H]2CC[C@@H](O)[C@H](OC)C2)CC(=O)/C(C)=C/C(C)[C@@H](O)[C@@H](OC)C(=O)[C@H](C)C[C@H](C)C=CC=CC=C1C. The van der Waals surface area contributed by atoms with Gasteiger partial charge in [-0.15, -0.1) is 0 Å². The third-order valence-corrected chi connectivity index (χ3v) is 14.5. The Morgan fingerprint density at radius 3 is 2.26 bits per heavy atom. The van der Waals surface area contributed by atoms with E-state index in [-0.39, 0.29) is 54.8 Å². The van der Waals surface area contributed by atoms with Crippen molar-refractivity contribution < 1.29 is 63.0 Å². The summed E-state index contributed by atoms with van der Waals surface area (Å²) in [6.45, 7) is 12.7. The predicted molar refractivity (Wildman–Crippen MR) is 245 cm³/mol. The lowest BCUT2D eigenvalue weighted by Gasteiger charge is -2.42. The van der Waals surface area contributed by atoms with E-state index < -0.39 is 83.9 Å². The molecule has 366 valence electrons. The van der Waals surface area contributed by atoms with Crippen molar-refractivity contribution in [2.24, 2.45) is 35.5 Å². The van der Waals surface area contributed by atoms with E-state index in [1.54, 1.807) is 41.1 Å². The Kier molecular flexibility index (Phi) is 21.0. The number of nitrogens with zero attached hydrogens (tertiary/aromatic N) is 1. The maximum absolute atomic E-state index is 14.4. The minimum absolute atomic E-state index is 0.0220. The van der Waals surface area contributed by atoms with Gasteiger partial charge in [0.1, 0.15) is 18.2 Å². The molecule has 2 unspecified atom stereocenters. The molecule has 4 rings (SSSR count). The van der Waals surface area contributed by atoms with Crippen molar-refractivity contribution in [2.45, 2.75) is 180 Å². The Morgan fingerprint density at radius 2 is 1.58 bits per heavy atom. The van der Waals surface area contributed by atoms with Crippen LogP contribution in [0.15, 0.2) is 47.6 Å². The molecule has 2 saturated heterocycles. The van der Waals surface area contributed by atoms with Crippen LogP contribution in [0.1, 0.15) is 126 Å². The van der Waals surface area contributed by atoms with Gasteiger partial charge >= 0.3 is 5.97 Å². The van der Waals surface area contributed by atoms with E-state index in [0.29, 0.717) is 63.4 Å². The summed E-state index contributed by atoms with van der Waals surface area (Å²) in [5.41, 5.74) is 1.19. The zero-order valence-electron chi connectivity index (χ0n) is 40.6. The molecule has 0 aromatic heterocycles. The van der Waals surface area contributed by atoms with E-state index in [9.17, 15) is 39.3 Å². The van der Waals surface area contributed by atoms with Gasteiger partial charge in [-0.2, -0.15) is 0 Å². The number of hydrogen-bond donors (Lipinski definition) is 3. The average Bonchev–Trinajstić information content (AvgIpc) is 3.28. The number of fused-ring (bicyclic) bond motifs is 3. The molecule has 3 heterocycles. The topological polar surface area (TPSA) is 195 Å². The van der Waals surface area contributed by atoms with Crippen LogP contribution in [-0.2, 0) is 47.7 Å². The number of carbonyl (C=O) groups excluding carboxylic acids is 5. The Hall–Kier alpha value is -3.37. The molecule has 15 atom stereocenters. The second-order valence-corrected chi connectivity index (χ2v) is 19.6. The molecule has 0 aromatic rings. The van der Waals surface area contributed by atoms with Crippen LogP contribution in [0.5, 0.6) is 0 Å². The predicted octanol–water partition coefficient (Wildman–Crippen LogP) is 6.18. The van der Waals surface area contributed by atoms with Crippen molar-refractivity contribution in [2.75, 3.05) is 27.9 Å². The second kappa shape index (κ2) is 25.1. The fourth-order valence-corrected chi connectivity index (χ4v) is 10.1. The first kappa shape index (κ1) is 54.2. The van der Waals surface area contributed by atoms with Crippen LogP contribution >= 0.6 is 0 Å². The number of amides is 1. The van der Waals surface area contributed by atoms with Gasteiger partial charge in [-0.05, 0) is 107 Å². The van der Waals surface area contributed by atoms with Crippen molar-refractivity contribution in [1.82, 2.24) is 4.90 Å². The number of aliphatic hydroxyl groups is 3. The number of allylic oxidation sites excluding steroid dienone is 6. The summed E-state index contributed by atoms with van der Waals surface area (Å²) < 4.78 is 29.4. The van der Waals surface area contributed by atoms with Crippen LogP contribution in [0.4, 0.5) is 0 Å². The van der Waals surface area contributed by atoms with Gasteiger partial charge in [0.2, 0.25) is 5.79 Å². The van der Waals surface area contributed by atoms with Crippen LogP contribution in [0.3, 0.4) is 0 Å². The van der Waals surface area contributed by atoms with Crippen LogP contribution in [0.2, 0.25) is 0 Å². The van der Waals surface area contributed by atoms with E-state index in [1.165, 1.54) is 12.0 Å². The molecule has 1 amide bonds. The monoisotopic (exact) mass is 914 g/mol. The second-order valence-electron chi connectivity index (χ2n) is 19.6. The third-order valence-electron chi connectivity index (χ3n) is 14.5. The number of carbonyl (C=O) groups is 5. The summed E-state index contributed by atoms with van der Waals surface area (Å²) in [5, 5.41) is 33.9. The number of methoxy groups -OCH3 is 3. The van der Waals surface area contributed by atoms with Gasteiger partial charge in [-0.25, -0.2) is 4.79 Å². The Balaban J connectivity index is 1.70. The molecule has 3 fully saturated rings. The van der Waals surface area contributed by atoms with Gasteiger partial charge in [-0.1, -0.05) is 71.1 Å². The molecule has 3 aliphatic heterocycles. The third kappa shape index (κ3) is 14.3. The van der Waals surface area contributed by atoms with Crippen molar-refractivity contribution in [3.8, 4) is 0 Å². The van der Waals surface area contributed by atoms with Crippen molar-refractivity contribution in [1.29, 1.82) is 0 Å². The van der Waals surface area contributed by atoms with Gasteiger partial charge < -0.3 is 43.9 Å². The number of ketones is 3. The number of esters is 1. The van der Waals surface area contributed by atoms with E-state index in [4.69, 9.17) is 23.7 Å². The Bertz CT molecular complexity index is 1760. The molecule has 65 heavy (non-hydrogen) atoms. The molecule has 4 aliphatic rings. The summed E-state index contributed by atoms with van der Waals surface area (Å²) >= 11 is 0. The standard InChI is InChI=1S/C51H79NO13/c1-30-16-12-11-13-17-31(2)42(61-8)28-38-21-19-36(7)51(60,65-38)48(57)49(58)52-23-15-14-18-39(52)50(59)64-43(33(4)26-37-20-22-40(53)44(27-37)62-9)29-41(54)32(3)25-35(6)46(56)47(63-10)45(55)34(5)24-30/h11-13,16-17,25,30,33-40,42-44,46-47,53,56,60H,14-15,18-24,26-29H2,1-10H3/b13-11?,16-12?,31-17?,32-25+/t30-,33-,34-,35?,36-,37+,38?,39+,40-,42+,43+,44-,46-,47+,51-/m1/s1. The van der Waals surface area contributed by atoms with Gasteiger partial charge in [0, 0.05) is 58.5 Å². The van der Waals surface area contributed by atoms with Crippen LogP contribution < -0.4 is 0 Å². The van der Waals surface area contributed by atoms with Gasteiger partial charge in [0.15, 0.2) is 11.6 Å². The molecular formula is C51H79NO13. The van der Waals surface area contributed by atoms with Crippen molar-refractivity contribution in [3.63, 3.8) is 0 Å². The lowest BCUT2D eigenvalue weighted by molar-refractivity contribution is -0.265. The lowest BCUT2D eigenvalue weighted by atomic mass is 9.78. The highest BCUT2D eigenvalue weighted by molar-refractivity contribution is 6.39. The lowest BCUT2D eigenvalue weighted by Crippen LogP contribution is -2.61. The van der Waals surface area contributed by atoms with Gasteiger partial charge in [0.05, 0.1) is 30.5 Å². The highest BCUT2D eigenvalue weighted by atomic mass is 16.6. The number of rotatable bonds is 6. The first-order valence-corrected chi connectivity index (χ1v) is 23.9. The number of cyclic esters (lactones) is 1. The maximum atomic E-state index is 14.4. The summed E-state index contributed by atoms with van der Waals surface area (Å²) in [4.78, 5) is 71.7. The number of aliphatic hydroxyl groups excluding tert-OH is 2. The van der Waals surface area contributed by atoms with E-state index in [0.717, 1.165) is 12.0 Å². The molecule has 14 nitrogen and oxygen atoms in total. The zero-order valence-corrected chi connectivity index (χ0v) is 40.6.